The number of hydrogen-bond acceptors (Lipinski definition) is 5. The fourth-order valence-electron chi connectivity index (χ4n) is 3.64. The van der Waals surface area contributed by atoms with E-state index in [1.54, 1.807) is 0 Å². The minimum Gasteiger partial charge on any atom is -0.468 e. The summed E-state index contributed by atoms with van der Waals surface area (Å²) in [5.41, 5.74) is 0.372. The Labute approximate surface area is 217 Å². The molecule has 3 aromatic carbocycles. The zero-order chi connectivity index (χ0) is 26.5. The first-order chi connectivity index (χ1) is 17.0. The van der Waals surface area contributed by atoms with E-state index in [-0.39, 0.29) is 10.6 Å². The van der Waals surface area contributed by atoms with Crippen molar-refractivity contribution in [3.05, 3.63) is 94.3 Å². The Balaban J connectivity index is 2.08. The molecule has 0 fully saturated rings. The third-order valence-corrected chi connectivity index (χ3v) is 8.47. The van der Waals surface area contributed by atoms with E-state index in [1.165, 1.54) is 68.3 Å². The number of esters is 1. The average molecular weight is 558 g/mol. The lowest BCUT2D eigenvalue weighted by Crippen LogP contribution is -2.35. The molecule has 1 atom stereocenters. The molecule has 0 aromatic heterocycles. The summed E-state index contributed by atoms with van der Waals surface area (Å²) in [5, 5.41) is 0.302. The third-order valence-electron chi connectivity index (χ3n) is 5.39. The van der Waals surface area contributed by atoms with Crippen molar-refractivity contribution in [1.82, 2.24) is 0 Å². The van der Waals surface area contributed by atoms with Gasteiger partial charge in [-0.15, -0.1) is 11.8 Å². The quantitative estimate of drug-likeness (QED) is 0.221. The second-order valence-corrected chi connectivity index (χ2v) is 11.1. The summed E-state index contributed by atoms with van der Waals surface area (Å²) >= 11 is 7.17. The number of carbonyl (C=O) groups is 1. The van der Waals surface area contributed by atoms with E-state index in [1.807, 2.05) is 0 Å². The van der Waals surface area contributed by atoms with Crippen molar-refractivity contribution in [1.29, 1.82) is 0 Å². The molecule has 1 unspecified atom stereocenters. The second-order valence-electron chi connectivity index (χ2n) is 7.75. The Morgan fingerprint density at radius 3 is 2.33 bits per heavy atom. The van der Waals surface area contributed by atoms with Crippen LogP contribution in [0.1, 0.15) is 24.1 Å². The number of carbonyl (C=O) groups excluding carboxylic acids is 1. The van der Waals surface area contributed by atoms with E-state index < -0.39 is 45.2 Å². The molecule has 0 aliphatic rings. The molecule has 0 aliphatic heterocycles. The Hall–Kier alpha value is -2.69. The van der Waals surface area contributed by atoms with Gasteiger partial charge in [0.25, 0.3) is 10.0 Å². The number of nitrogens with zero attached hydrogens (tertiary/aromatic N) is 1. The van der Waals surface area contributed by atoms with Gasteiger partial charge in [-0.2, -0.15) is 0 Å². The van der Waals surface area contributed by atoms with Crippen LogP contribution in [0.15, 0.2) is 65.6 Å². The van der Waals surface area contributed by atoms with Crippen molar-refractivity contribution in [2.75, 3.05) is 22.9 Å². The molecular formula is C25H23ClF3NO4S2. The predicted octanol–water partition coefficient (Wildman–Crippen LogP) is 6.16. The van der Waals surface area contributed by atoms with Crippen molar-refractivity contribution >= 4 is 45.0 Å². The maximum atomic E-state index is 14.9. The van der Waals surface area contributed by atoms with Crippen LogP contribution in [0.2, 0.25) is 5.02 Å². The van der Waals surface area contributed by atoms with Gasteiger partial charge in [-0.1, -0.05) is 17.7 Å². The molecule has 0 aliphatic carbocycles. The van der Waals surface area contributed by atoms with E-state index in [0.29, 0.717) is 28.3 Å². The van der Waals surface area contributed by atoms with E-state index in [2.05, 4.69) is 4.74 Å². The van der Waals surface area contributed by atoms with E-state index in [4.69, 9.17) is 11.6 Å². The SMILES string of the molecule is COC(=O)CSCCc1cc(F)ccc1C(C)N(c1cc(F)ccc1F)S(=O)(=O)c1ccc(Cl)cc1. The molecule has 0 saturated heterocycles. The third kappa shape index (κ3) is 6.54. The summed E-state index contributed by atoms with van der Waals surface area (Å²) in [6.07, 6.45) is 0.291. The van der Waals surface area contributed by atoms with Gasteiger partial charge < -0.3 is 4.74 Å². The maximum absolute atomic E-state index is 14.9. The molecule has 0 amide bonds. The van der Waals surface area contributed by atoms with Crippen LogP contribution in [0.25, 0.3) is 0 Å². The van der Waals surface area contributed by atoms with Crippen LogP contribution < -0.4 is 4.31 Å². The number of thioether (sulfide) groups is 1. The van der Waals surface area contributed by atoms with Gasteiger partial charge in [0.2, 0.25) is 0 Å². The van der Waals surface area contributed by atoms with Gasteiger partial charge in [0, 0.05) is 11.1 Å². The van der Waals surface area contributed by atoms with E-state index >= 15 is 0 Å². The average Bonchev–Trinajstić information content (AvgIpc) is 2.84. The highest BCUT2D eigenvalue weighted by molar-refractivity contribution is 7.99. The lowest BCUT2D eigenvalue weighted by atomic mass is 9.99. The van der Waals surface area contributed by atoms with E-state index in [0.717, 1.165) is 22.5 Å². The Kier molecular flexibility index (Phi) is 9.32. The topological polar surface area (TPSA) is 63.7 Å². The van der Waals surface area contributed by atoms with Crippen LogP contribution in [0.3, 0.4) is 0 Å². The molecule has 0 heterocycles. The van der Waals surface area contributed by atoms with Gasteiger partial charge >= 0.3 is 5.97 Å². The van der Waals surface area contributed by atoms with Crippen LogP contribution in [0.4, 0.5) is 18.9 Å². The first-order valence-electron chi connectivity index (χ1n) is 10.7. The number of methoxy groups -OCH3 is 1. The van der Waals surface area contributed by atoms with Crippen LogP contribution in [-0.4, -0.2) is 33.0 Å². The summed E-state index contributed by atoms with van der Waals surface area (Å²) < 4.78 is 76.1. The number of ether oxygens (including phenoxy) is 1. The van der Waals surface area contributed by atoms with Gasteiger partial charge in [0.15, 0.2) is 0 Å². The Morgan fingerprint density at radius 2 is 1.67 bits per heavy atom. The van der Waals surface area contributed by atoms with Crippen LogP contribution in [-0.2, 0) is 26.0 Å². The number of anilines is 1. The monoisotopic (exact) mass is 557 g/mol. The minimum atomic E-state index is -4.42. The first kappa shape index (κ1) is 27.9. The largest absolute Gasteiger partial charge is 0.468 e. The van der Waals surface area contributed by atoms with Crippen molar-refractivity contribution in [3.8, 4) is 0 Å². The number of aryl methyl sites for hydroxylation is 1. The number of sulfonamides is 1. The van der Waals surface area contributed by atoms with Crippen LogP contribution in [0, 0.1) is 17.5 Å². The van der Waals surface area contributed by atoms with Crippen LogP contribution >= 0.6 is 23.4 Å². The van der Waals surface area contributed by atoms with Gasteiger partial charge in [0.05, 0.1) is 29.5 Å². The summed E-state index contributed by atoms with van der Waals surface area (Å²) in [7, 11) is -3.14. The highest BCUT2D eigenvalue weighted by Gasteiger charge is 2.33. The number of halogens is 4. The number of rotatable bonds is 10. The van der Waals surface area contributed by atoms with Crippen molar-refractivity contribution in [2.24, 2.45) is 0 Å². The Morgan fingerprint density at radius 1 is 1.03 bits per heavy atom. The maximum Gasteiger partial charge on any atom is 0.315 e. The fraction of sp³-hybridized carbons (Fsp3) is 0.240. The smallest absolute Gasteiger partial charge is 0.315 e. The zero-order valence-electron chi connectivity index (χ0n) is 19.4. The molecular weight excluding hydrogens is 535 g/mol. The van der Waals surface area contributed by atoms with E-state index in [9.17, 15) is 26.4 Å². The van der Waals surface area contributed by atoms with Gasteiger partial charge in [-0.05, 0) is 78.8 Å². The first-order valence-corrected chi connectivity index (χ1v) is 13.7. The van der Waals surface area contributed by atoms with Gasteiger partial charge in [0.1, 0.15) is 17.5 Å². The highest BCUT2D eigenvalue weighted by Crippen LogP contribution is 2.37. The molecule has 0 radical (unpaired) electrons. The zero-order valence-corrected chi connectivity index (χ0v) is 21.8. The normalized spacial score (nSPS) is 12.3. The van der Waals surface area contributed by atoms with Crippen molar-refractivity contribution < 1.29 is 31.1 Å². The molecule has 3 aromatic rings. The molecule has 0 bridgehead atoms. The molecule has 36 heavy (non-hydrogen) atoms. The summed E-state index contributed by atoms with van der Waals surface area (Å²) in [6, 6.07) is 10.6. The van der Waals surface area contributed by atoms with Gasteiger partial charge in [-0.25, -0.2) is 21.6 Å². The molecule has 192 valence electrons. The fourth-order valence-corrected chi connectivity index (χ4v) is 6.20. The standard InChI is InChI=1S/C25H23ClF3NO4S2/c1-16(22-9-5-19(27)13-17(22)11-12-35-15-25(31)34-2)30(24-14-20(28)6-10-23(24)29)36(32,33)21-7-3-18(26)4-8-21/h3-10,13-14,16H,11-12,15H2,1-2H3. The van der Waals surface area contributed by atoms with Crippen molar-refractivity contribution in [3.63, 3.8) is 0 Å². The molecule has 11 heteroatoms. The summed E-state index contributed by atoms with van der Waals surface area (Å²) in [6.45, 7) is 1.51. The molecule has 5 nitrogen and oxygen atoms in total. The summed E-state index contributed by atoms with van der Waals surface area (Å²) in [5.74, 6) is -2.21. The van der Waals surface area contributed by atoms with Gasteiger partial charge in [-0.3, -0.25) is 9.10 Å². The highest BCUT2D eigenvalue weighted by atomic mass is 35.5. The number of hydrogen-bond donors (Lipinski definition) is 0. The summed E-state index contributed by atoms with van der Waals surface area (Å²) in [4.78, 5) is 11.2. The number of benzene rings is 3. The lowest BCUT2D eigenvalue weighted by Gasteiger charge is -2.32. The van der Waals surface area contributed by atoms with Crippen LogP contribution in [0.5, 0.6) is 0 Å². The predicted molar refractivity (Wildman–Crippen MR) is 135 cm³/mol. The molecule has 0 N–H and O–H groups in total. The second kappa shape index (κ2) is 12.0. The minimum absolute atomic E-state index is 0.0995. The Bertz CT molecular complexity index is 1340. The molecule has 0 spiro atoms. The molecule has 0 saturated carbocycles. The lowest BCUT2D eigenvalue weighted by molar-refractivity contribution is -0.137. The molecule has 3 rings (SSSR count). The van der Waals surface area contributed by atoms with Crippen molar-refractivity contribution in [2.45, 2.75) is 24.3 Å².